The zero-order chi connectivity index (χ0) is 8.69. The van der Waals surface area contributed by atoms with Crippen LogP contribution in [0.3, 0.4) is 0 Å². The van der Waals surface area contributed by atoms with Crippen molar-refractivity contribution in [2.75, 3.05) is 13.2 Å². The first-order valence-corrected chi connectivity index (χ1v) is 3.15. The Bertz CT molecular complexity index is 142. The third-order valence-electron chi connectivity index (χ3n) is 0.861. The molecule has 0 aromatic rings. The summed E-state index contributed by atoms with van der Waals surface area (Å²) in [5.41, 5.74) is 0. The summed E-state index contributed by atoms with van der Waals surface area (Å²) in [7, 11) is 0. The van der Waals surface area contributed by atoms with Crippen LogP contribution in [0.1, 0.15) is 12.8 Å². The Morgan fingerprint density at radius 1 is 1.36 bits per heavy atom. The first-order valence-electron chi connectivity index (χ1n) is 3.15. The van der Waals surface area contributed by atoms with Crippen LogP contribution >= 0.6 is 0 Å². The maximum absolute atomic E-state index is 10.4. The van der Waals surface area contributed by atoms with E-state index in [1.165, 1.54) is 0 Å². The Labute approximate surface area is 63.6 Å². The fraction of sp³-hybridized carbons (Fsp3) is 0.667. The van der Waals surface area contributed by atoms with Gasteiger partial charge in [-0.25, -0.2) is 0 Å². The molecular weight excluding hydrogens is 152 g/mol. The van der Waals surface area contributed by atoms with Crippen LogP contribution in [0, 0.1) is 0 Å². The second kappa shape index (κ2) is 5.67. The van der Waals surface area contributed by atoms with Crippen LogP contribution in [-0.4, -0.2) is 35.4 Å². The van der Waals surface area contributed by atoms with E-state index >= 15 is 0 Å². The number of carboxylic acid groups (broad SMARTS) is 1. The summed E-state index contributed by atoms with van der Waals surface area (Å²) in [6, 6.07) is 0. The van der Waals surface area contributed by atoms with Crippen molar-refractivity contribution in [1.29, 1.82) is 0 Å². The fourth-order valence-electron chi connectivity index (χ4n) is 0.425. The number of ether oxygens (including phenoxy) is 1. The van der Waals surface area contributed by atoms with Crippen LogP contribution in [0.4, 0.5) is 0 Å². The Morgan fingerprint density at radius 3 is 2.45 bits per heavy atom. The number of carbonyl (C=O) groups is 2. The van der Waals surface area contributed by atoms with Gasteiger partial charge < -0.3 is 14.9 Å². The van der Waals surface area contributed by atoms with Crippen molar-refractivity contribution in [3.8, 4) is 0 Å². The summed E-state index contributed by atoms with van der Waals surface area (Å²) in [6.07, 6.45) is -0.281. The van der Waals surface area contributed by atoms with Gasteiger partial charge in [-0.15, -0.1) is 0 Å². The molecule has 64 valence electrons. The average Bonchev–Trinajstić information content (AvgIpc) is 1.86. The first kappa shape index (κ1) is 9.90. The molecule has 0 aromatic heterocycles. The zero-order valence-electron chi connectivity index (χ0n) is 5.95. The van der Waals surface area contributed by atoms with Crippen molar-refractivity contribution in [2.24, 2.45) is 0 Å². The highest BCUT2D eigenvalue weighted by Gasteiger charge is 2.07. The molecule has 0 spiro atoms. The van der Waals surface area contributed by atoms with E-state index < -0.39 is 18.4 Å². The second-order valence-electron chi connectivity index (χ2n) is 1.87. The minimum Gasteiger partial charge on any atom is -0.481 e. The van der Waals surface area contributed by atoms with Gasteiger partial charge >= 0.3 is 11.9 Å². The molecule has 0 radical (unpaired) electrons. The largest absolute Gasteiger partial charge is 0.481 e. The maximum atomic E-state index is 10.4. The molecule has 0 rings (SSSR count). The van der Waals surface area contributed by atoms with E-state index in [2.05, 4.69) is 4.74 Å². The van der Waals surface area contributed by atoms with Crippen LogP contribution < -0.4 is 0 Å². The second-order valence-corrected chi connectivity index (χ2v) is 1.87. The average molecular weight is 162 g/mol. The number of aliphatic hydroxyl groups excluding tert-OH is 1. The summed E-state index contributed by atoms with van der Waals surface area (Å²) in [6.45, 7) is 0.00294. The number of aliphatic carboxylic acids is 1. The van der Waals surface area contributed by atoms with Gasteiger partial charge in [0.2, 0.25) is 0 Å². The van der Waals surface area contributed by atoms with Crippen LogP contribution in [0.2, 0.25) is 0 Å². The van der Waals surface area contributed by atoms with Crippen molar-refractivity contribution in [1.82, 2.24) is 0 Å². The predicted octanol–water partition coefficient (Wildman–Crippen LogP) is -0.613. The summed E-state index contributed by atoms with van der Waals surface area (Å²) in [5.74, 6) is -1.98. The highest BCUT2D eigenvalue weighted by molar-refractivity contribution is 5.90. The van der Waals surface area contributed by atoms with Gasteiger partial charge in [0.15, 0.2) is 0 Å². The van der Waals surface area contributed by atoms with E-state index in [1.807, 2.05) is 0 Å². The lowest BCUT2D eigenvalue weighted by molar-refractivity contribution is -0.151. The quantitative estimate of drug-likeness (QED) is 0.320. The molecule has 0 atom stereocenters. The Morgan fingerprint density at radius 2 is 2.00 bits per heavy atom. The van der Waals surface area contributed by atoms with Crippen molar-refractivity contribution in [3.05, 3.63) is 0 Å². The first-order chi connectivity index (χ1) is 5.16. The molecule has 5 heteroatoms. The summed E-state index contributed by atoms with van der Waals surface area (Å²) in [5, 5.41) is 16.3. The third kappa shape index (κ3) is 6.79. The normalized spacial score (nSPS) is 9.18. The Hall–Kier alpha value is -1.10. The summed E-state index contributed by atoms with van der Waals surface area (Å²) < 4.78 is 4.41. The summed E-state index contributed by atoms with van der Waals surface area (Å²) >= 11 is 0. The molecule has 2 N–H and O–H groups in total. The van der Waals surface area contributed by atoms with Crippen LogP contribution in [0.25, 0.3) is 0 Å². The minimum atomic E-state index is -1.21. The van der Waals surface area contributed by atoms with Gasteiger partial charge in [0, 0.05) is 13.0 Å². The monoisotopic (exact) mass is 162 g/mol. The highest BCUT2D eigenvalue weighted by Crippen LogP contribution is 1.87. The molecule has 0 aliphatic heterocycles. The molecule has 0 heterocycles. The van der Waals surface area contributed by atoms with E-state index in [0.717, 1.165) is 0 Å². The third-order valence-corrected chi connectivity index (χ3v) is 0.861. The van der Waals surface area contributed by atoms with Gasteiger partial charge in [0.05, 0.1) is 6.61 Å². The maximum Gasteiger partial charge on any atom is 0.317 e. The lowest BCUT2D eigenvalue weighted by Crippen LogP contribution is -2.11. The van der Waals surface area contributed by atoms with E-state index in [9.17, 15) is 9.59 Å². The lowest BCUT2D eigenvalue weighted by Gasteiger charge is -1.99. The van der Waals surface area contributed by atoms with Crippen LogP contribution in [0.5, 0.6) is 0 Å². The molecule has 0 aliphatic carbocycles. The number of hydrogen-bond acceptors (Lipinski definition) is 4. The van der Waals surface area contributed by atoms with Gasteiger partial charge in [0.25, 0.3) is 0 Å². The Kier molecular flexibility index (Phi) is 5.10. The van der Waals surface area contributed by atoms with E-state index in [4.69, 9.17) is 10.2 Å². The van der Waals surface area contributed by atoms with Crippen molar-refractivity contribution >= 4 is 11.9 Å². The van der Waals surface area contributed by atoms with Crippen LogP contribution in [-0.2, 0) is 14.3 Å². The van der Waals surface area contributed by atoms with Gasteiger partial charge in [0.1, 0.15) is 6.42 Å². The summed E-state index contributed by atoms with van der Waals surface area (Å²) in [4.78, 5) is 20.3. The smallest absolute Gasteiger partial charge is 0.317 e. The van der Waals surface area contributed by atoms with Crippen molar-refractivity contribution in [3.63, 3.8) is 0 Å². The van der Waals surface area contributed by atoms with Crippen LogP contribution in [0.15, 0.2) is 0 Å². The fourth-order valence-corrected chi connectivity index (χ4v) is 0.425. The number of hydrogen-bond donors (Lipinski definition) is 2. The molecule has 0 aliphatic rings. The molecule has 0 saturated carbocycles. The van der Waals surface area contributed by atoms with E-state index in [0.29, 0.717) is 6.42 Å². The molecule has 5 nitrogen and oxygen atoms in total. The standard InChI is InChI=1S/C6H10O5/c7-2-1-3-11-6(10)4-5(8)9/h7H,1-4H2,(H,8,9). The number of aliphatic hydroxyl groups is 1. The number of carboxylic acids is 1. The molecule has 0 saturated heterocycles. The number of esters is 1. The van der Waals surface area contributed by atoms with E-state index in [-0.39, 0.29) is 13.2 Å². The van der Waals surface area contributed by atoms with Crippen molar-refractivity contribution in [2.45, 2.75) is 12.8 Å². The molecule has 11 heavy (non-hydrogen) atoms. The Balaban J connectivity index is 3.30. The molecule has 0 amide bonds. The molecule has 0 unspecified atom stereocenters. The SMILES string of the molecule is O=C(O)CC(=O)OCCCO. The molecule has 0 bridgehead atoms. The van der Waals surface area contributed by atoms with Gasteiger partial charge in [-0.05, 0) is 0 Å². The van der Waals surface area contributed by atoms with Crippen molar-refractivity contribution < 1.29 is 24.5 Å². The van der Waals surface area contributed by atoms with Gasteiger partial charge in [-0.1, -0.05) is 0 Å². The molecule has 0 fully saturated rings. The van der Waals surface area contributed by atoms with Gasteiger partial charge in [-0.3, -0.25) is 9.59 Å². The minimum absolute atomic E-state index is 0.0691. The lowest BCUT2D eigenvalue weighted by atomic mass is 10.4. The number of rotatable bonds is 5. The van der Waals surface area contributed by atoms with Gasteiger partial charge in [-0.2, -0.15) is 0 Å². The predicted molar refractivity (Wildman–Crippen MR) is 34.9 cm³/mol. The topological polar surface area (TPSA) is 83.8 Å². The zero-order valence-corrected chi connectivity index (χ0v) is 5.95. The molecule has 0 aromatic carbocycles. The van der Waals surface area contributed by atoms with E-state index in [1.54, 1.807) is 0 Å². The molecular formula is C6H10O5. The highest BCUT2D eigenvalue weighted by atomic mass is 16.5. The number of carbonyl (C=O) groups excluding carboxylic acids is 1.